The number of aryl methyl sites for hydroxylation is 1. The number of H-pyrrole nitrogens is 1. The molecule has 12 heavy (non-hydrogen) atoms. The van der Waals surface area contributed by atoms with Crippen molar-refractivity contribution < 1.29 is 0 Å². The summed E-state index contributed by atoms with van der Waals surface area (Å²) in [6.45, 7) is 1.74. The molecule has 0 aliphatic rings. The van der Waals surface area contributed by atoms with Gasteiger partial charge >= 0.3 is 0 Å². The summed E-state index contributed by atoms with van der Waals surface area (Å²) in [6.07, 6.45) is 1.59. The number of hydrogen-bond acceptors (Lipinski definition) is 3. The van der Waals surface area contributed by atoms with Crippen LogP contribution in [0.25, 0.3) is 0 Å². The van der Waals surface area contributed by atoms with Gasteiger partial charge in [-0.1, -0.05) is 27.7 Å². The maximum Gasteiger partial charge on any atom is 0.254 e. The zero-order valence-electron chi connectivity index (χ0n) is 6.63. The normalized spacial score (nSPS) is 10.2. The van der Waals surface area contributed by atoms with Crippen LogP contribution in [0.2, 0.25) is 0 Å². The van der Waals surface area contributed by atoms with E-state index in [1.807, 2.05) is 0 Å². The fourth-order valence-corrected chi connectivity index (χ4v) is 1.70. The summed E-state index contributed by atoms with van der Waals surface area (Å²) in [4.78, 5) is 17.8. The molecule has 1 rings (SSSR count). The van der Waals surface area contributed by atoms with Gasteiger partial charge in [-0.05, 0) is 6.92 Å². The number of thioether (sulfide) groups is 1. The molecule has 66 valence electrons. The largest absolute Gasteiger partial charge is 0.301 e. The first kappa shape index (κ1) is 9.80. The smallest absolute Gasteiger partial charge is 0.254 e. The first-order valence-electron chi connectivity index (χ1n) is 3.48. The molecule has 0 spiro atoms. The fourth-order valence-electron chi connectivity index (χ4n) is 0.651. The molecule has 1 aromatic heterocycles. The van der Waals surface area contributed by atoms with Crippen LogP contribution in [0.5, 0.6) is 0 Å². The van der Waals surface area contributed by atoms with Gasteiger partial charge in [-0.3, -0.25) is 4.79 Å². The topological polar surface area (TPSA) is 45.8 Å². The zero-order chi connectivity index (χ0) is 8.97. The summed E-state index contributed by atoms with van der Waals surface area (Å²) in [5.74, 6) is 0.909. The SMILES string of the molecule is Cc1cnc(SCCBr)[nH]c1=O. The van der Waals surface area contributed by atoms with Gasteiger partial charge in [0.2, 0.25) is 0 Å². The van der Waals surface area contributed by atoms with Crippen LogP contribution < -0.4 is 5.56 Å². The Morgan fingerprint density at radius 1 is 1.75 bits per heavy atom. The molecule has 5 heteroatoms. The highest BCUT2D eigenvalue weighted by molar-refractivity contribution is 9.09. The Morgan fingerprint density at radius 2 is 2.50 bits per heavy atom. The van der Waals surface area contributed by atoms with E-state index < -0.39 is 0 Å². The van der Waals surface area contributed by atoms with Gasteiger partial charge in [0.25, 0.3) is 5.56 Å². The molecule has 0 amide bonds. The van der Waals surface area contributed by atoms with Gasteiger partial charge in [-0.25, -0.2) is 4.98 Å². The molecule has 1 heterocycles. The van der Waals surface area contributed by atoms with Crippen LogP contribution in [0.1, 0.15) is 5.56 Å². The lowest BCUT2D eigenvalue weighted by molar-refractivity contribution is 0.918. The molecule has 0 fully saturated rings. The second-order valence-corrected chi connectivity index (χ2v) is 4.11. The monoisotopic (exact) mass is 248 g/mol. The summed E-state index contributed by atoms with van der Waals surface area (Å²) < 4.78 is 0. The highest BCUT2D eigenvalue weighted by Gasteiger charge is 1.97. The van der Waals surface area contributed by atoms with Crippen LogP contribution in [0.15, 0.2) is 16.1 Å². The van der Waals surface area contributed by atoms with Crippen molar-refractivity contribution in [1.29, 1.82) is 0 Å². The third kappa shape index (κ3) is 2.64. The lowest BCUT2D eigenvalue weighted by Crippen LogP contribution is -2.11. The van der Waals surface area contributed by atoms with E-state index in [0.29, 0.717) is 10.7 Å². The van der Waals surface area contributed by atoms with Gasteiger partial charge in [0.15, 0.2) is 5.16 Å². The molecule has 0 aromatic carbocycles. The number of nitrogens with zero attached hydrogens (tertiary/aromatic N) is 1. The first-order valence-corrected chi connectivity index (χ1v) is 5.59. The minimum atomic E-state index is -0.0536. The van der Waals surface area contributed by atoms with E-state index >= 15 is 0 Å². The number of alkyl halides is 1. The van der Waals surface area contributed by atoms with Gasteiger partial charge in [-0.15, -0.1) is 0 Å². The van der Waals surface area contributed by atoms with Crippen LogP contribution in [0.4, 0.5) is 0 Å². The summed E-state index contributed by atoms with van der Waals surface area (Å²) in [6, 6.07) is 0. The highest BCUT2D eigenvalue weighted by atomic mass is 79.9. The Labute approximate surface area is 83.1 Å². The summed E-state index contributed by atoms with van der Waals surface area (Å²) in [5.41, 5.74) is 0.597. The van der Waals surface area contributed by atoms with Gasteiger partial charge in [0, 0.05) is 22.8 Å². The molecule has 1 N–H and O–H groups in total. The van der Waals surface area contributed by atoms with Crippen LogP contribution in [-0.4, -0.2) is 21.1 Å². The maximum absolute atomic E-state index is 11.1. The average molecular weight is 249 g/mol. The molecule has 0 atom stereocenters. The molecular formula is C7H9BrN2OS. The molecule has 0 aliphatic carbocycles. The van der Waals surface area contributed by atoms with Crippen LogP contribution in [0, 0.1) is 6.92 Å². The van der Waals surface area contributed by atoms with Crippen molar-refractivity contribution in [3.63, 3.8) is 0 Å². The molecule has 3 nitrogen and oxygen atoms in total. The van der Waals surface area contributed by atoms with Crippen molar-refractivity contribution in [3.05, 3.63) is 22.1 Å². The van der Waals surface area contributed by atoms with Crippen molar-refractivity contribution in [3.8, 4) is 0 Å². The van der Waals surface area contributed by atoms with Gasteiger partial charge in [-0.2, -0.15) is 0 Å². The Balaban J connectivity index is 2.76. The lowest BCUT2D eigenvalue weighted by atomic mass is 10.4. The quantitative estimate of drug-likeness (QED) is 0.502. The number of halogens is 1. The van der Waals surface area contributed by atoms with Crippen molar-refractivity contribution >= 4 is 27.7 Å². The van der Waals surface area contributed by atoms with E-state index in [-0.39, 0.29) is 5.56 Å². The van der Waals surface area contributed by atoms with E-state index in [9.17, 15) is 4.79 Å². The second kappa shape index (κ2) is 4.67. The minimum absolute atomic E-state index is 0.0536. The molecular weight excluding hydrogens is 240 g/mol. The number of hydrogen-bond donors (Lipinski definition) is 1. The molecule has 0 saturated carbocycles. The predicted molar refractivity (Wildman–Crippen MR) is 54.1 cm³/mol. The Kier molecular flexibility index (Phi) is 3.81. The molecule has 0 unspecified atom stereocenters. The molecule has 0 saturated heterocycles. The van der Waals surface area contributed by atoms with Gasteiger partial charge in [0.1, 0.15) is 0 Å². The van der Waals surface area contributed by atoms with Crippen LogP contribution in [0.3, 0.4) is 0 Å². The molecule has 0 aliphatic heterocycles. The number of nitrogens with one attached hydrogen (secondary N) is 1. The third-order valence-corrected chi connectivity index (χ3v) is 3.08. The molecule has 0 bridgehead atoms. The fraction of sp³-hybridized carbons (Fsp3) is 0.429. The van der Waals surface area contributed by atoms with Gasteiger partial charge < -0.3 is 4.98 Å². The van der Waals surface area contributed by atoms with E-state index in [4.69, 9.17) is 0 Å². The van der Waals surface area contributed by atoms with Crippen LogP contribution in [-0.2, 0) is 0 Å². The standard InChI is InChI=1S/C7H9BrN2OS/c1-5-4-9-7(10-6(5)11)12-3-2-8/h4H,2-3H2,1H3,(H,9,10,11). The minimum Gasteiger partial charge on any atom is -0.301 e. The van der Waals surface area contributed by atoms with E-state index in [0.717, 1.165) is 11.1 Å². The Morgan fingerprint density at radius 3 is 3.08 bits per heavy atom. The second-order valence-electron chi connectivity index (χ2n) is 2.24. The highest BCUT2D eigenvalue weighted by Crippen LogP contribution is 2.10. The maximum atomic E-state index is 11.1. The lowest BCUT2D eigenvalue weighted by Gasteiger charge is -1.97. The summed E-state index contributed by atoms with van der Waals surface area (Å²) >= 11 is 4.83. The predicted octanol–water partition coefficient (Wildman–Crippen LogP) is 1.57. The van der Waals surface area contributed by atoms with Crippen molar-refractivity contribution in [2.24, 2.45) is 0 Å². The number of aromatic nitrogens is 2. The van der Waals surface area contributed by atoms with E-state index in [2.05, 4.69) is 25.9 Å². The third-order valence-electron chi connectivity index (χ3n) is 1.27. The molecule has 0 radical (unpaired) electrons. The molecule has 1 aromatic rings. The first-order chi connectivity index (χ1) is 5.74. The van der Waals surface area contributed by atoms with Gasteiger partial charge in [0.05, 0.1) is 0 Å². The van der Waals surface area contributed by atoms with E-state index in [1.165, 1.54) is 11.8 Å². The zero-order valence-corrected chi connectivity index (χ0v) is 9.04. The number of aromatic amines is 1. The van der Waals surface area contributed by atoms with Crippen molar-refractivity contribution in [2.75, 3.05) is 11.1 Å². The average Bonchev–Trinajstić information content (AvgIpc) is 2.07. The van der Waals surface area contributed by atoms with Crippen molar-refractivity contribution in [1.82, 2.24) is 9.97 Å². The Hall–Kier alpha value is -0.290. The van der Waals surface area contributed by atoms with E-state index in [1.54, 1.807) is 13.1 Å². The number of rotatable bonds is 3. The van der Waals surface area contributed by atoms with Crippen molar-refractivity contribution in [2.45, 2.75) is 12.1 Å². The van der Waals surface area contributed by atoms with Crippen LogP contribution >= 0.6 is 27.7 Å². The summed E-state index contributed by atoms with van der Waals surface area (Å²) in [7, 11) is 0. The summed E-state index contributed by atoms with van der Waals surface area (Å²) in [5, 5.41) is 1.58. The Bertz CT molecular complexity index is 313.